The Balaban J connectivity index is 1.79. The summed E-state index contributed by atoms with van der Waals surface area (Å²) in [6.07, 6.45) is 2.46. The number of carbonyl (C=O) groups excluding carboxylic acids is 1. The Bertz CT molecular complexity index is 710. The van der Waals surface area contributed by atoms with E-state index < -0.39 is 0 Å². The van der Waals surface area contributed by atoms with Gasteiger partial charge in [0, 0.05) is 32.4 Å². The molecule has 23 heavy (non-hydrogen) atoms. The molecule has 1 aliphatic heterocycles. The number of rotatable bonds is 4. The highest BCUT2D eigenvalue weighted by Gasteiger charge is 2.21. The van der Waals surface area contributed by atoms with Crippen LogP contribution in [0.25, 0.3) is 0 Å². The molecule has 1 aromatic carbocycles. The highest BCUT2D eigenvalue weighted by Crippen LogP contribution is 2.32. The highest BCUT2D eigenvalue weighted by atomic mass is 35.5. The van der Waals surface area contributed by atoms with Gasteiger partial charge in [0.05, 0.1) is 9.90 Å². The van der Waals surface area contributed by atoms with Crippen LogP contribution in [0.4, 0.5) is 5.69 Å². The van der Waals surface area contributed by atoms with Crippen LogP contribution in [-0.2, 0) is 6.54 Å². The second kappa shape index (κ2) is 7.12. The van der Waals surface area contributed by atoms with Gasteiger partial charge in [-0.15, -0.1) is 11.3 Å². The zero-order valence-electron chi connectivity index (χ0n) is 12.9. The molecule has 6 heteroatoms. The lowest BCUT2D eigenvalue weighted by Crippen LogP contribution is -2.27. The molecule has 2 aromatic rings. The second-order valence-electron chi connectivity index (χ2n) is 5.72. The summed E-state index contributed by atoms with van der Waals surface area (Å²) in [6, 6.07) is 9.92. The van der Waals surface area contributed by atoms with Crippen LogP contribution in [0.2, 0.25) is 8.67 Å². The van der Waals surface area contributed by atoms with Crippen molar-refractivity contribution in [2.75, 3.05) is 25.0 Å². The number of hydrogen-bond acceptors (Lipinski definition) is 3. The zero-order chi connectivity index (χ0) is 16.4. The minimum Gasteiger partial charge on any atom is -0.371 e. The lowest BCUT2D eigenvalue weighted by Gasteiger charge is -2.24. The largest absolute Gasteiger partial charge is 0.371 e. The first-order valence-corrected chi connectivity index (χ1v) is 9.16. The molecule has 0 atom stereocenters. The van der Waals surface area contributed by atoms with Gasteiger partial charge < -0.3 is 9.80 Å². The molecular formula is C17H18Cl2N2OS. The standard InChI is InChI=1S/C17H18Cl2N2OS/c1-20(17(22)13-10-15(18)23-16(13)19)11-12-6-2-3-7-14(12)21-8-4-5-9-21/h2-3,6-7,10H,4-5,8-9,11H2,1H3. The van der Waals surface area contributed by atoms with Crippen LogP contribution in [-0.4, -0.2) is 30.9 Å². The van der Waals surface area contributed by atoms with E-state index in [1.807, 2.05) is 6.07 Å². The topological polar surface area (TPSA) is 23.6 Å². The van der Waals surface area contributed by atoms with Crippen molar-refractivity contribution in [3.8, 4) is 0 Å². The molecule has 0 N–H and O–H groups in total. The zero-order valence-corrected chi connectivity index (χ0v) is 15.2. The molecule has 3 nitrogen and oxygen atoms in total. The van der Waals surface area contributed by atoms with Crippen LogP contribution in [0, 0.1) is 0 Å². The van der Waals surface area contributed by atoms with Gasteiger partial charge in [0.2, 0.25) is 0 Å². The maximum Gasteiger partial charge on any atom is 0.256 e. The number of carbonyl (C=O) groups is 1. The molecule has 1 saturated heterocycles. The first kappa shape index (κ1) is 16.6. The van der Waals surface area contributed by atoms with Gasteiger partial charge in [-0.2, -0.15) is 0 Å². The number of para-hydroxylation sites is 1. The Hall–Kier alpha value is -1.23. The lowest BCUT2D eigenvalue weighted by molar-refractivity contribution is 0.0786. The van der Waals surface area contributed by atoms with E-state index >= 15 is 0 Å². The van der Waals surface area contributed by atoms with Gasteiger partial charge in [0.25, 0.3) is 5.91 Å². The average Bonchev–Trinajstić information content (AvgIpc) is 3.16. The van der Waals surface area contributed by atoms with Gasteiger partial charge in [-0.3, -0.25) is 4.79 Å². The molecule has 1 amide bonds. The van der Waals surface area contributed by atoms with Gasteiger partial charge in [0.15, 0.2) is 0 Å². The van der Waals surface area contributed by atoms with E-state index in [4.69, 9.17) is 23.2 Å². The van der Waals surface area contributed by atoms with Gasteiger partial charge in [-0.1, -0.05) is 41.4 Å². The third kappa shape index (κ3) is 3.65. The summed E-state index contributed by atoms with van der Waals surface area (Å²) in [5, 5.41) is 0. The Labute approximate surface area is 150 Å². The molecule has 0 saturated carbocycles. The highest BCUT2D eigenvalue weighted by molar-refractivity contribution is 7.20. The summed E-state index contributed by atoms with van der Waals surface area (Å²) in [6.45, 7) is 2.72. The second-order valence-corrected chi connectivity index (χ2v) is 8.01. The van der Waals surface area contributed by atoms with Crippen LogP contribution in [0.15, 0.2) is 30.3 Å². The number of amides is 1. The Morgan fingerprint density at radius 1 is 1.26 bits per heavy atom. The maximum absolute atomic E-state index is 12.6. The predicted octanol–water partition coefficient (Wildman–Crippen LogP) is 4.93. The summed E-state index contributed by atoms with van der Waals surface area (Å²) in [7, 11) is 1.80. The van der Waals surface area contributed by atoms with Crippen molar-refractivity contribution in [3.05, 3.63) is 50.1 Å². The van der Waals surface area contributed by atoms with E-state index in [9.17, 15) is 4.79 Å². The normalized spacial score (nSPS) is 14.3. The first-order chi connectivity index (χ1) is 11.1. The fraction of sp³-hybridized carbons (Fsp3) is 0.353. The van der Waals surface area contributed by atoms with Crippen LogP contribution in [0.5, 0.6) is 0 Å². The number of halogens is 2. The van der Waals surface area contributed by atoms with E-state index in [-0.39, 0.29) is 5.91 Å². The fourth-order valence-corrected chi connectivity index (χ4v) is 4.38. The molecule has 1 fully saturated rings. The SMILES string of the molecule is CN(Cc1ccccc1N1CCCC1)C(=O)c1cc(Cl)sc1Cl. The van der Waals surface area contributed by atoms with Crippen molar-refractivity contribution < 1.29 is 4.79 Å². The molecule has 3 rings (SSSR count). The maximum atomic E-state index is 12.6. The Kier molecular flexibility index (Phi) is 5.14. The molecule has 0 unspecified atom stereocenters. The third-order valence-electron chi connectivity index (χ3n) is 4.08. The number of hydrogen-bond donors (Lipinski definition) is 0. The predicted molar refractivity (Wildman–Crippen MR) is 98.0 cm³/mol. The molecule has 0 bridgehead atoms. The lowest BCUT2D eigenvalue weighted by atomic mass is 10.1. The molecule has 0 aliphatic carbocycles. The molecule has 122 valence electrons. The smallest absolute Gasteiger partial charge is 0.256 e. The minimum atomic E-state index is -0.102. The molecule has 0 spiro atoms. The van der Waals surface area contributed by atoms with E-state index in [1.165, 1.54) is 29.9 Å². The first-order valence-electron chi connectivity index (χ1n) is 7.59. The van der Waals surface area contributed by atoms with Crippen molar-refractivity contribution in [2.24, 2.45) is 0 Å². The quantitative estimate of drug-likeness (QED) is 0.763. The van der Waals surface area contributed by atoms with Crippen LogP contribution < -0.4 is 4.90 Å². The van der Waals surface area contributed by atoms with Crippen molar-refractivity contribution in [1.29, 1.82) is 0 Å². The molecule has 0 radical (unpaired) electrons. The monoisotopic (exact) mass is 368 g/mol. The minimum absolute atomic E-state index is 0.102. The van der Waals surface area contributed by atoms with E-state index in [2.05, 4.69) is 23.1 Å². The van der Waals surface area contributed by atoms with Crippen molar-refractivity contribution >= 4 is 46.1 Å². The molecule has 1 aromatic heterocycles. The van der Waals surface area contributed by atoms with Gasteiger partial charge >= 0.3 is 0 Å². The summed E-state index contributed by atoms with van der Waals surface area (Å²) < 4.78 is 0.976. The number of anilines is 1. The number of nitrogens with zero attached hydrogens (tertiary/aromatic N) is 2. The van der Waals surface area contributed by atoms with Gasteiger partial charge in [0.1, 0.15) is 4.34 Å². The summed E-state index contributed by atoms with van der Waals surface area (Å²) in [4.78, 5) is 16.7. The van der Waals surface area contributed by atoms with Crippen molar-refractivity contribution in [1.82, 2.24) is 4.90 Å². The van der Waals surface area contributed by atoms with Gasteiger partial charge in [-0.05, 0) is 30.5 Å². The van der Waals surface area contributed by atoms with Crippen molar-refractivity contribution in [2.45, 2.75) is 19.4 Å². The molecular weight excluding hydrogens is 351 g/mol. The average molecular weight is 369 g/mol. The van der Waals surface area contributed by atoms with E-state index in [0.29, 0.717) is 20.8 Å². The van der Waals surface area contributed by atoms with E-state index in [0.717, 1.165) is 18.7 Å². The summed E-state index contributed by atoms with van der Waals surface area (Å²) >= 11 is 13.3. The van der Waals surface area contributed by atoms with Crippen LogP contribution in [0.1, 0.15) is 28.8 Å². The van der Waals surface area contributed by atoms with Crippen LogP contribution >= 0.6 is 34.5 Å². The Morgan fingerprint density at radius 3 is 2.61 bits per heavy atom. The third-order valence-corrected chi connectivity index (χ3v) is 5.57. The number of benzene rings is 1. The summed E-state index contributed by atoms with van der Waals surface area (Å²) in [5.74, 6) is -0.102. The number of thiophene rings is 1. The van der Waals surface area contributed by atoms with E-state index in [1.54, 1.807) is 18.0 Å². The fourth-order valence-electron chi connectivity index (χ4n) is 2.93. The van der Waals surface area contributed by atoms with Crippen LogP contribution in [0.3, 0.4) is 0 Å². The molecule has 2 heterocycles. The van der Waals surface area contributed by atoms with Crippen molar-refractivity contribution in [3.63, 3.8) is 0 Å². The summed E-state index contributed by atoms with van der Waals surface area (Å²) in [5.41, 5.74) is 2.85. The molecule has 1 aliphatic rings. The Morgan fingerprint density at radius 2 is 1.96 bits per heavy atom. The van der Waals surface area contributed by atoms with Gasteiger partial charge in [-0.25, -0.2) is 0 Å².